The second-order valence-corrected chi connectivity index (χ2v) is 7.12. The Kier molecular flexibility index (Phi) is 4.10. The molecule has 2 amide bonds. The number of carbonyl (C=O) groups excluding carboxylic acids is 2. The highest BCUT2D eigenvalue weighted by atomic mass is 16.5. The number of hydrogen-bond acceptors (Lipinski definition) is 5. The van der Waals surface area contributed by atoms with Crippen LogP contribution in [-0.4, -0.2) is 33.7 Å². The number of methoxy groups -OCH3 is 1. The van der Waals surface area contributed by atoms with E-state index in [1.807, 2.05) is 37.3 Å². The van der Waals surface area contributed by atoms with E-state index in [0.717, 1.165) is 5.56 Å². The topological polar surface area (TPSA) is 77.3 Å². The predicted octanol–water partition coefficient (Wildman–Crippen LogP) is 3.60. The Morgan fingerprint density at radius 2 is 1.70 bits per heavy atom. The molecule has 0 unspecified atom stereocenters. The summed E-state index contributed by atoms with van der Waals surface area (Å²) in [5.41, 5.74) is 3.48. The molecule has 1 aliphatic heterocycles. The van der Waals surface area contributed by atoms with Crippen molar-refractivity contribution in [1.29, 1.82) is 0 Å². The Bertz CT molecular complexity index is 1290. The molecule has 3 heterocycles. The quantitative estimate of drug-likeness (QED) is 0.491. The second-order valence-electron chi connectivity index (χ2n) is 7.12. The number of hydrogen-bond donors (Lipinski definition) is 0. The highest BCUT2D eigenvalue weighted by Crippen LogP contribution is 2.34. The summed E-state index contributed by atoms with van der Waals surface area (Å²) in [6.45, 7) is 2.36. The minimum Gasteiger partial charge on any atom is -0.497 e. The first-order valence-corrected chi connectivity index (χ1v) is 9.51. The van der Waals surface area contributed by atoms with Crippen molar-refractivity contribution in [2.75, 3.05) is 12.0 Å². The van der Waals surface area contributed by atoms with Gasteiger partial charge in [-0.25, -0.2) is 14.6 Å². The smallest absolute Gasteiger partial charge is 0.267 e. The molecule has 148 valence electrons. The molecule has 7 nitrogen and oxygen atoms in total. The average Bonchev–Trinajstić information content (AvgIpc) is 3.22. The van der Waals surface area contributed by atoms with Gasteiger partial charge < -0.3 is 4.74 Å². The summed E-state index contributed by atoms with van der Waals surface area (Å²) in [7, 11) is 1.56. The number of fused-ring (bicyclic) bond motifs is 3. The largest absolute Gasteiger partial charge is 0.497 e. The van der Waals surface area contributed by atoms with Crippen LogP contribution in [-0.2, 0) is 6.54 Å². The van der Waals surface area contributed by atoms with Gasteiger partial charge in [-0.2, -0.15) is 5.10 Å². The number of aryl methyl sites for hydroxylation is 1. The number of ether oxygens (including phenoxy) is 1. The van der Waals surface area contributed by atoms with Crippen molar-refractivity contribution in [2.24, 2.45) is 0 Å². The number of anilines is 1. The summed E-state index contributed by atoms with van der Waals surface area (Å²) < 4.78 is 6.93. The van der Waals surface area contributed by atoms with Crippen LogP contribution in [0.3, 0.4) is 0 Å². The van der Waals surface area contributed by atoms with E-state index in [-0.39, 0.29) is 11.8 Å². The van der Waals surface area contributed by atoms with Crippen LogP contribution in [0.1, 0.15) is 32.0 Å². The molecule has 4 aromatic rings. The van der Waals surface area contributed by atoms with Crippen molar-refractivity contribution in [3.05, 3.63) is 83.2 Å². The van der Waals surface area contributed by atoms with E-state index < -0.39 is 0 Å². The van der Waals surface area contributed by atoms with Gasteiger partial charge in [-0.3, -0.25) is 9.59 Å². The molecule has 0 atom stereocenters. The Balaban J connectivity index is 1.61. The molecule has 0 saturated heterocycles. The van der Waals surface area contributed by atoms with E-state index in [4.69, 9.17) is 4.74 Å². The number of amides is 2. The number of nitrogens with zero attached hydrogens (tertiary/aromatic N) is 4. The Morgan fingerprint density at radius 3 is 2.40 bits per heavy atom. The lowest BCUT2D eigenvalue weighted by molar-refractivity contribution is 0.0926. The second kappa shape index (κ2) is 6.81. The average molecular weight is 398 g/mol. The fourth-order valence-electron chi connectivity index (χ4n) is 3.86. The number of benzene rings is 2. The van der Waals surface area contributed by atoms with Crippen molar-refractivity contribution in [3.63, 3.8) is 0 Å². The van der Waals surface area contributed by atoms with Crippen LogP contribution in [0.5, 0.6) is 5.75 Å². The monoisotopic (exact) mass is 398 g/mol. The van der Waals surface area contributed by atoms with Gasteiger partial charge in [0.15, 0.2) is 5.65 Å². The van der Waals surface area contributed by atoms with Crippen LogP contribution in [0.25, 0.3) is 11.0 Å². The van der Waals surface area contributed by atoms with Crippen molar-refractivity contribution >= 4 is 28.5 Å². The van der Waals surface area contributed by atoms with Crippen molar-refractivity contribution in [1.82, 2.24) is 14.8 Å². The first-order chi connectivity index (χ1) is 14.6. The van der Waals surface area contributed by atoms with Gasteiger partial charge in [-0.1, -0.05) is 30.3 Å². The minimum absolute atomic E-state index is 0.297. The molecule has 0 spiro atoms. The minimum atomic E-state index is -0.384. The molecule has 1 aliphatic rings. The highest BCUT2D eigenvalue weighted by Gasteiger charge is 2.39. The van der Waals surface area contributed by atoms with Crippen molar-refractivity contribution in [3.8, 4) is 5.75 Å². The Hall–Kier alpha value is -4.00. The summed E-state index contributed by atoms with van der Waals surface area (Å²) in [6.07, 6.45) is 1.48. The molecule has 0 N–H and O–H groups in total. The molecule has 0 saturated carbocycles. The Labute approximate surface area is 172 Å². The van der Waals surface area contributed by atoms with Gasteiger partial charge in [-0.15, -0.1) is 0 Å². The van der Waals surface area contributed by atoms with Gasteiger partial charge in [0.05, 0.1) is 41.5 Å². The normalized spacial score (nSPS) is 13.2. The molecule has 0 fully saturated rings. The lowest BCUT2D eigenvalue weighted by Gasteiger charge is -2.14. The van der Waals surface area contributed by atoms with E-state index >= 15 is 0 Å². The standard InChI is InChI=1S/C23H18N4O3/c1-14-19-20-18(12-24-21(19)26(25-14)13-15-6-4-3-5-7-15)22(28)27(23(20)29)16-8-10-17(30-2)11-9-16/h3-12H,13H2,1-2H3. The van der Waals surface area contributed by atoms with Crippen molar-refractivity contribution in [2.45, 2.75) is 13.5 Å². The third-order valence-electron chi connectivity index (χ3n) is 5.29. The number of aromatic nitrogens is 3. The zero-order valence-electron chi connectivity index (χ0n) is 16.5. The van der Waals surface area contributed by atoms with Crippen LogP contribution in [0.4, 0.5) is 5.69 Å². The lowest BCUT2D eigenvalue weighted by atomic mass is 10.1. The summed E-state index contributed by atoms with van der Waals surface area (Å²) in [5, 5.41) is 5.22. The summed E-state index contributed by atoms with van der Waals surface area (Å²) in [6, 6.07) is 16.7. The van der Waals surface area contributed by atoms with Gasteiger partial charge >= 0.3 is 0 Å². The zero-order valence-corrected chi connectivity index (χ0v) is 16.5. The molecule has 7 heteroatoms. The van der Waals surface area contributed by atoms with E-state index in [1.54, 1.807) is 36.1 Å². The fourth-order valence-corrected chi connectivity index (χ4v) is 3.86. The lowest BCUT2D eigenvalue weighted by Crippen LogP contribution is -2.29. The molecule has 2 aromatic carbocycles. The van der Waals surface area contributed by atoms with Crippen molar-refractivity contribution < 1.29 is 14.3 Å². The van der Waals surface area contributed by atoms with E-state index in [0.29, 0.717) is 45.8 Å². The molecule has 30 heavy (non-hydrogen) atoms. The van der Waals surface area contributed by atoms with Gasteiger partial charge in [-0.05, 0) is 36.8 Å². The van der Waals surface area contributed by atoms with E-state index in [2.05, 4.69) is 10.1 Å². The maximum Gasteiger partial charge on any atom is 0.267 e. The van der Waals surface area contributed by atoms with Gasteiger partial charge in [0.2, 0.25) is 0 Å². The highest BCUT2D eigenvalue weighted by molar-refractivity contribution is 6.37. The number of imide groups is 1. The number of pyridine rings is 1. The molecule has 0 bridgehead atoms. The van der Waals surface area contributed by atoms with E-state index in [1.165, 1.54) is 11.1 Å². The number of carbonyl (C=O) groups is 2. The van der Waals surface area contributed by atoms with E-state index in [9.17, 15) is 9.59 Å². The van der Waals surface area contributed by atoms with Gasteiger partial charge in [0.25, 0.3) is 11.8 Å². The first kappa shape index (κ1) is 18.1. The van der Waals surface area contributed by atoms with Gasteiger partial charge in [0, 0.05) is 6.20 Å². The SMILES string of the molecule is COc1ccc(N2C(=O)c3cnc4c(c(C)nn4Cc4ccccc4)c3C2=O)cc1. The zero-order chi connectivity index (χ0) is 20.8. The Morgan fingerprint density at radius 1 is 0.967 bits per heavy atom. The predicted molar refractivity (Wildman–Crippen MR) is 112 cm³/mol. The number of rotatable bonds is 4. The van der Waals surface area contributed by atoms with Crippen LogP contribution in [0.15, 0.2) is 60.8 Å². The van der Waals surface area contributed by atoms with Crippen LogP contribution in [0.2, 0.25) is 0 Å². The fraction of sp³-hybridized carbons (Fsp3) is 0.130. The third kappa shape index (κ3) is 2.67. The maximum absolute atomic E-state index is 13.3. The first-order valence-electron chi connectivity index (χ1n) is 9.51. The molecular weight excluding hydrogens is 380 g/mol. The molecular formula is C23H18N4O3. The maximum atomic E-state index is 13.3. The molecule has 0 aliphatic carbocycles. The van der Waals surface area contributed by atoms with Crippen LogP contribution < -0.4 is 9.64 Å². The summed E-state index contributed by atoms with van der Waals surface area (Å²) in [5.74, 6) is -0.0999. The summed E-state index contributed by atoms with van der Waals surface area (Å²) in [4.78, 5) is 32.0. The molecule has 0 radical (unpaired) electrons. The van der Waals surface area contributed by atoms with Crippen LogP contribution in [0, 0.1) is 6.92 Å². The third-order valence-corrected chi connectivity index (χ3v) is 5.29. The summed E-state index contributed by atoms with van der Waals surface area (Å²) >= 11 is 0. The molecule has 2 aromatic heterocycles. The van der Waals surface area contributed by atoms with Crippen LogP contribution >= 0.6 is 0 Å². The molecule has 5 rings (SSSR count). The van der Waals surface area contributed by atoms with Gasteiger partial charge in [0.1, 0.15) is 5.75 Å².